The molecule has 1 saturated carbocycles. The number of hydrogen-bond acceptors (Lipinski definition) is 4. The van der Waals surface area contributed by atoms with Crippen LogP contribution in [0.3, 0.4) is 0 Å². The molecule has 0 aliphatic heterocycles. The Hall–Kier alpha value is -4.14. The van der Waals surface area contributed by atoms with Crippen LogP contribution in [-0.4, -0.2) is 43.8 Å². The number of amides is 2. The molecule has 7 nitrogen and oxygen atoms in total. The number of aryl methyl sites for hydroxylation is 1. The van der Waals surface area contributed by atoms with Crippen molar-refractivity contribution in [2.45, 2.75) is 75.9 Å². The molecular formula is C38H42ClN3O4S. The van der Waals surface area contributed by atoms with E-state index in [0.717, 1.165) is 53.1 Å². The molecule has 1 fully saturated rings. The Morgan fingerprint density at radius 2 is 1.45 bits per heavy atom. The molecule has 1 aliphatic rings. The first-order valence-corrected chi connectivity index (χ1v) is 18.0. The molecule has 0 radical (unpaired) electrons. The van der Waals surface area contributed by atoms with Gasteiger partial charge in [-0.25, -0.2) is 8.42 Å². The second-order valence-electron chi connectivity index (χ2n) is 12.3. The summed E-state index contributed by atoms with van der Waals surface area (Å²) < 4.78 is 29.6. The van der Waals surface area contributed by atoms with Crippen molar-refractivity contribution in [3.8, 4) is 0 Å². The predicted octanol–water partition coefficient (Wildman–Crippen LogP) is 7.24. The van der Waals surface area contributed by atoms with Crippen LogP contribution in [0.5, 0.6) is 0 Å². The second kappa shape index (κ2) is 15.6. The molecule has 0 aromatic heterocycles. The average molecular weight is 672 g/mol. The topological polar surface area (TPSA) is 86.8 Å². The van der Waals surface area contributed by atoms with E-state index in [-0.39, 0.29) is 29.8 Å². The molecule has 1 aliphatic carbocycles. The highest BCUT2D eigenvalue weighted by molar-refractivity contribution is 7.92. The van der Waals surface area contributed by atoms with Crippen LogP contribution in [0.2, 0.25) is 5.02 Å². The first-order valence-electron chi connectivity index (χ1n) is 16.2. The molecule has 4 aromatic rings. The Bertz CT molecular complexity index is 1760. The Morgan fingerprint density at radius 3 is 2.11 bits per heavy atom. The minimum atomic E-state index is -4.20. The highest BCUT2D eigenvalue weighted by atomic mass is 35.5. The summed E-state index contributed by atoms with van der Waals surface area (Å²) in [6.07, 6.45) is 5.31. The van der Waals surface area contributed by atoms with Crippen molar-refractivity contribution in [1.82, 2.24) is 10.2 Å². The maximum Gasteiger partial charge on any atom is 0.264 e. The summed E-state index contributed by atoms with van der Waals surface area (Å²) in [6, 6.07) is 29.6. The fourth-order valence-corrected chi connectivity index (χ4v) is 7.75. The highest BCUT2D eigenvalue weighted by Crippen LogP contribution is 2.31. The van der Waals surface area contributed by atoms with Crippen LogP contribution in [0.4, 0.5) is 5.69 Å². The van der Waals surface area contributed by atoms with Crippen LogP contribution in [-0.2, 0) is 32.6 Å². The Morgan fingerprint density at radius 1 is 0.809 bits per heavy atom. The van der Waals surface area contributed by atoms with E-state index in [4.69, 9.17) is 11.6 Å². The first-order chi connectivity index (χ1) is 22.6. The van der Waals surface area contributed by atoms with Crippen molar-refractivity contribution in [3.63, 3.8) is 0 Å². The lowest BCUT2D eigenvalue weighted by Gasteiger charge is -2.35. The summed E-state index contributed by atoms with van der Waals surface area (Å²) in [4.78, 5) is 30.5. The van der Waals surface area contributed by atoms with Crippen molar-refractivity contribution in [2.24, 2.45) is 0 Å². The van der Waals surface area contributed by atoms with Crippen molar-refractivity contribution in [1.29, 1.82) is 0 Å². The van der Waals surface area contributed by atoms with E-state index in [9.17, 15) is 18.0 Å². The summed E-state index contributed by atoms with van der Waals surface area (Å²) >= 11 is 6.48. The number of benzene rings is 4. The molecular weight excluding hydrogens is 630 g/mol. The van der Waals surface area contributed by atoms with Crippen LogP contribution in [0.15, 0.2) is 108 Å². The SMILES string of the molecule is Cc1ccc(CN(C(=O)CN(c2cccc(Cl)c2C)S(=O)(=O)c2ccccc2)C(Cc2ccccc2)C(=O)NC2CCCCC2)cc1. The molecule has 9 heteroatoms. The molecule has 4 aromatic carbocycles. The first kappa shape index (κ1) is 34.2. The number of carbonyl (C=O) groups is 2. The molecule has 0 saturated heterocycles. The van der Waals surface area contributed by atoms with Crippen molar-refractivity contribution < 1.29 is 18.0 Å². The minimum absolute atomic E-state index is 0.0370. The molecule has 1 atom stereocenters. The molecule has 47 heavy (non-hydrogen) atoms. The predicted molar refractivity (Wildman–Crippen MR) is 188 cm³/mol. The third-order valence-electron chi connectivity index (χ3n) is 8.81. The number of halogens is 1. The lowest BCUT2D eigenvalue weighted by Crippen LogP contribution is -2.55. The minimum Gasteiger partial charge on any atom is -0.352 e. The van der Waals surface area contributed by atoms with Crippen LogP contribution >= 0.6 is 11.6 Å². The van der Waals surface area contributed by atoms with Gasteiger partial charge >= 0.3 is 0 Å². The van der Waals surface area contributed by atoms with Crippen LogP contribution in [0.25, 0.3) is 0 Å². The van der Waals surface area contributed by atoms with Crippen molar-refractivity contribution in [3.05, 3.63) is 130 Å². The Kier molecular flexibility index (Phi) is 11.4. The van der Waals surface area contributed by atoms with E-state index < -0.39 is 28.5 Å². The van der Waals surface area contributed by atoms with E-state index >= 15 is 0 Å². The third-order valence-corrected chi connectivity index (χ3v) is 11.0. The number of nitrogens with zero attached hydrogens (tertiary/aromatic N) is 2. The largest absolute Gasteiger partial charge is 0.352 e. The van der Waals surface area contributed by atoms with Gasteiger partial charge in [0.05, 0.1) is 10.6 Å². The highest BCUT2D eigenvalue weighted by Gasteiger charge is 2.36. The van der Waals surface area contributed by atoms with Gasteiger partial charge in [-0.2, -0.15) is 0 Å². The van der Waals surface area contributed by atoms with Gasteiger partial charge in [-0.1, -0.05) is 115 Å². The quantitative estimate of drug-likeness (QED) is 0.172. The summed E-state index contributed by atoms with van der Waals surface area (Å²) in [7, 11) is -4.20. The lowest BCUT2D eigenvalue weighted by molar-refractivity contribution is -0.140. The van der Waals surface area contributed by atoms with E-state index in [1.54, 1.807) is 48.2 Å². The number of sulfonamides is 1. The number of hydrogen-bond donors (Lipinski definition) is 1. The number of nitrogens with one attached hydrogen (secondary N) is 1. The smallest absolute Gasteiger partial charge is 0.264 e. The van der Waals surface area contributed by atoms with E-state index in [0.29, 0.717) is 16.3 Å². The van der Waals surface area contributed by atoms with E-state index in [2.05, 4.69) is 5.32 Å². The molecule has 2 amide bonds. The monoisotopic (exact) mass is 671 g/mol. The zero-order valence-corrected chi connectivity index (χ0v) is 28.5. The van der Waals surface area contributed by atoms with Gasteiger partial charge in [-0.15, -0.1) is 0 Å². The molecule has 0 spiro atoms. The Balaban J connectivity index is 1.58. The lowest BCUT2D eigenvalue weighted by atomic mass is 9.94. The molecule has 1 N–H and O–H groups in total. The third kappa shape index (κ3) is 8.62. The standard InChI is InChI=1S/C38H42ClN3O4S/c1-28-21-23-31(24-22-28)26-41(36(25-30-13-6-3-7-14-30)38(44)40-32-15-8-4-9-16-32)37(43)27-42(35-20-12-19-34(39)29(35)2)47(45,46)33-17-10-5-11-18-33/h3,5-7,10-14,17-24,32,36H,4,8-9,15-16,25-27H2,1-2H3,(H,40,44). The molecule has 0 heterocycles. The van der Waals surface area contributed by atoms with Gasteiger partial charge < -0.3 is 10.2 Å². The van der Waals surface area contributed by atoms with Crippen LogP contribution in [0.1, 0.15) is 54.4 Å². The number of anilines is 1. The maximum atomic E-state index is 14.7. The fraction of sp³-hybridized carbons (Fsp3) is 0.316. The normalized spacial score (nSPS) is 14.3. The summed E-state index contributed by atoms with van der Waals surface area (Å²) in [6.45, 7) is 3.33. The van der Waals surface area contributed by atoms with Gasteiger partial charge in [0.2, 0.25) is 11.8 Å². The number of rotatable bonds is 12. The Labute approximate surface area is 283 Å². The molecule has 0 bridgehead atoms. The molecule has 246 valence electrons. The number of carbonyl (C=O) groups excluding carboxylic acids is 2. The summed E-state index contributed by atoms with van der Waals surface area (Å²) in [5.74, 6) is -0.734. The second-order valence-corrected chi connectivity index (χ2v) is 14.5. The zero-order valence-electron chi connectivity index (χ0n) is 26.9. The maximum absolute atomic E-state index is 14.7. The molecule has 5 rings (SSSR count). The van der Waals surface area contributed by atoms with E-state index in [1.807, 2.05) is 61.5 Å². The average Bonchev–Trinajstić information content (AvgIpc) is 3.08. The fourth-order valence-electron chi connectivity index (χ4n) is 6.09. The van der Waals surface area contributed by atoms with Gasteiger partial charge in [0, 0.05) is 24.0 Å². The zero-order chi connectivity index (χ0) is 33.4. The van der Waals surface area contributed by atoms with Crippen LogP contribution in [0, 0.1) is 13.8 Å². The molecule has 1 unspecified atom stereocenters. The van der Waals surface area contributed by atoms with Crippen molar-refractivity contribution in [2.75, 3.05) is 10.8 Å². The summed E-state index contributed by atoms with van der Waals surface area (Å²) in [5, 5.41) is 3.63. The summed E-state index contributed by atoms with van der Waals surface area (Å²) in [5.41, 5.74) is 3.64. The van der Waals surface area contributed by atoms with Crippen molar-refractivity contribution >= 4 is 39.1 Å². The van der Waals surface area contributed by atoms with Gasteiger partial charge in [-0.3, -0.25) is 13.9 Å². The van der Waals surface area contributed by atoms with Crippen LogP contribution < -0.4 is 9.62 Å². The van der Waals surface area contributed by atoms with Gasteiger partial charge in [0.15, 0.2) is 0 Å². The van der Waals surface area contributed by atoms with Gasteiger partial charge in [0.1, 0.15) is 12.6 Å². The van der Waals surface area contributed by atoms with Gasteiger partial charge in [-0.05, 0) is 67.6 Å². The van der Waals surface area contributed by atoms with Gasteiger partial charge in [0.25, 0.3) is 10.0 Å². The van der Waals surface area contributed by atoms with E-state index in [1.165, 1.54) is 12.1 Å².